The molecule has 0 radical (unpaired) electrons. The Morgan fingerprint density at radius 1 is 1.39 bits per heavy atom. The van der Waals surface area contributed by atoms with Crippen molar-refractivity contribution in [2.24, 2.45) is 0 Å². The van der Waals surface area contributed by atoms with Crippen LogP contribution >= 0.6 is 11.8 Å². The second kappa shape index (κ2) is 8.57. The van der Waals surface area contributed by atoms with Crippen LogP contribution in [-0.4, -0.2) is 95.7 Å². The Balaban J connectivity index is 1.76. The number of nitrogens with zero attached hydrogens (tertiary/aromatic N) is 5. The number of nitrogen functional groups attached to an aromatic ring is 1. The number of likely N-dealkylation sites (N-methyl/N-ethyl adjacent to an activating group) is 1. The lowest BCUT2D eigenvalue weighted by Crippen LogP contribution is -2.46. The fourth-order valence-corrected chi connectivity index (χ4v) is 3.80. The monoisotopic (exact) mass is 412 g/mol. The molecule has 0 bridgehead atoms. The van der Waals surface area contributed by atoms with Gasteiger partial charge in [-0.3, -0.25) is 14.3 Å². The molecule has 0 unspecified atom stereocenters. The van der Waals surface area contributed by atoms with Crippen LogP contribution < -0.4 is 5.73 Å². The average Bonchev–Trinajstić information content (AvgIpc) is 3.19. The van der Waals surface area contributed by atoms with E-state index in [0.29, 0.717) is 23.3 Å². The van der Waals surface area contributed by atoms with E-state index in [4.69, 9.17) is 10.5 Å². The Morgan fingerprint density at radius 2 is 2.14 bits per heavy atom. The summed E-state index contributed by atoms with van der Waals surface area (Å²) < 4.78 is 7.36. The number of carboxylic acids is 1. The zero-order chi connectivity index (χ0) is 20.4. The molecule has 0 aliphatic carbocycles. The van der Waals surface area contributed by atoms with Gasteiger partial charge < -0.3 is 25.8 Å². The lowest BCUT2D eigenvalue weighted by Gasteiger charge is -2.28. The lowest BCUT2D eigenvalue weighted by atomic mass is 10.1. The van der Waals surface area contributed by atoms with E-state index >= 15 is 0 Å². The maximum Gasteiger partial charge on any atom is 0.320 e. The van der Waals surface area contributed by atoms with Crippen LogP contribution in [0.5, 0.6) is 0 Å². The third-order valence-corrected chi connectivity index (χ3v) is 5.52. The highest BCUT2D eigenvalue weighted by Crippen LogP contribution is 2.32. The molecule has 0 aromatic carbocycles. The molecule has 154 valence electrons. The second-order valence-corrected chi connectivity index (χ2v) is 7.69. The van der Waals surface area contributed by atoms with Crippen molar-refractivity contribution in [3.8, 4) is 0 Å². The molecule has 1 fully saturated rings. The first kappa shape index (κ1) is 20.7. The number of anilines is 1. The first-order valence-electron chi connectivity index (χ1n) is 8.71. The molecule has 5 atom stereocenters. The van der Waals surface area contributed by atoms with Crippen LogP contribution in [0.2, 0.25) is 0 Å². The van der Waals surface area contributed by atoms with Crippen LogP contribution in [0.15, 0.2) is 12.7 Å². The zero-order valence-electron chi connectivity index (χ0n) is 15.5. The van der Waals surface area contributed by atoms with E-state index < -0.39 is 36.6 Å². The third-order valence-electron chi connectivity index (χ3n) is 4.88. The van der Waals surface area contributed by atoms with Crippen molar-refractivity contribution in [3.63, 3.8) is 0 Å². The summed E-state index contributed by atoms with van der Waals surface area (Å²) >= 11 is 1.57. The first-order chi connectivity index (χ1) is 13.3. The van der Waals surface area contributed by atoms with Gasteiger partial charge in [0.25, 0.3) is 0 Å². The fraction of sp³-hybridized carbons (Fsp3) is 0.625. The largest absolute Gasteiger partial charge is 0.480 e. The minimum Gasteiger partial charge on any atom is -0.480 e. The molecule has 0 saturated carbocycles. The van der Waals surface area contributed by atoms with Gasteiger partial charge in [-0.05, 0) is 25.5 Å². The summed E-state index contributed by atoms with van der Waals surface area (Å²) in [6, 6.07) is -0.707. The number of hydrogen-bond donors (Lipinski definition) is 4. The predicted octanol–water partition coefficient (Wildman–Crippen LogP) is -0.834. The molecule has 12 heteroatoms. The molecule has 5 N–H and O–H groups in total. The third kappa shape index (κ3) is 3.91. The molecule has 3 heterocycles. The SMILES string of the molecule is CSCC[C@@H](C(=O)O)N(C)C[C@H]1O[C@@H](n2cnc3c(N)ncnc32)[C@H](O)[C@@H]1O. The summed E-state index contributed by atoms with van der Waals surface area (Å²) in [6.07, 6.45) is 0.934. The fourth-order valence-electron chi connectivity index (χ4n) is 3.34. The summed E-state index contributed by atoms with van der Waals surface area (Å²) in [5.41, 5.74) is 6.53. The Labute approximate surface area is 165 Å². The Morgan fingerprint density at radius 3 is 2.82 bits per heavy atom. The van der Waals surface area contributed by atoms with E-state index in [-0.39, 0.29) is 12.4 Å². The van der Waals surface area contributed by atoms with Crippen LogP contribution in [0, 0.1) is 0 Å². The minimum atomic E-state index is -1.23. The van der Waals surface area contributed by atoms with Gasteiger partial charge in [0, 0.05) is 6.54 Å². The zero-order valence-corrected chi connectivity index (χ0v) is 16.4. The molecule has 1 aliphatic rings. The number of thioether (sulfide) groups is 1. The molecule has 2 aromatic heterocycles. The number of imidazole rings is 1. The van der Waals surface area contributed by atoms with E-state index in [2.05, 4.69) is 15.0 Å². The number of nitrogens with two attached hydrogens (primary N) is 1. The number of hydrogen-bond acceptors (Lipinski definition) is 10. The van der Waals surface area contributed by atoms with E-state index in [9.17, 15) is 20.1 Å². The number of aromatic nitrogens is 4. The van der Waals surface area contributed by atoms with Gasteiger partial charge in [0.1, 0.15) is 36.2 Å². The Kier molecular flexibility index (Phi) is 6.35. The Bertz CT molecular complexity index is 835. The van der Waals surface area contributed by atoms with Gasteiger partial charge in [-0.15, -0.1) is 0 Å². The normalized spacial score (nSPS) is 26.2. The molecule has 11 nitrogen and oxygen atoms in total. The van der Waals surface area contributed by atoms with Crippen molar-refractivity contribution in [1.29, 1.82) is 0 Å². The van der Waals surface area contributed by atoms with Crippen LogP contribution in [0.25, 0.3) is 11.2 Å². The number of aliphatic carboxylic acids is 1. The highest BCUT2D eigenvalue weighted by molar-refractivity contribution is 7.98. The van der Waals surface area contributed by atoms with Gasteiger partial charge in [-0.2, -0.15) is 11.8 Å². The van der Waals surface area contributed by atoms with Gasteiger partial charge in [0.15, 0.2) is 17.7 Å². The molecule has 3 rings (SSSR count). The van der Waals surface area contributed by atoms with E-state index in [0.717, 1.165) is 0 Å². The average molecular weight is 412 g/mol. The topological polar surface area (TPSA) is 160 Å². The molecule has 1 aliphatic heterocycles. The van der Waals surface area contributed by atoms with Crippen LogP contribution in [0.1, 0.15) is 12.6 Å². The van der Waals surface area contributed by atoms with Crippen LogP contribution in [0.4, 0.5) is 5.82 Å². The van der Waals surface area contributed by atoms with Crippen molar-refractivity contribution < 1.29 is 24.9 Å². The van der Waals surface area contributed by atoms with Gasteiger partial charge in [0.2, 0.25) is 0 Å². The van der Waals surface area contributed by atoms with Crippen LogP contribution in [0.3, 0.4) is 0 Å². The van der Waals surface area contributed by atoms with Crippen molar-refractivity contribution in [2.45, 2.75) is 37.0 Å². The molecule has 28 heavy (non-hydrogen) atoms. The summed E-state index contributed by atoms with van der Waals surface area (Å²) in [5, 5.41) is 30.4. The van der Waals surface area contributed by atoms with Crippen LogP contribution in [-0.2, 0) is 9.53 Å². The Hall–Kier alpha value is -1.99. The number of aliphatic hydroxyl groups is 2. The number of aliphatic hydroxyl groups excluding tert-OH is 2. The highest BCUT2D eigenvalue weighted by Gasteiger charge is 2.45. The molecule has 0 amide bonds. The van der Waals surface area contributed by atoms with E-state index in [1.54, 1.807) is 23.7 Å². The summed E-state index contributed by atoms with van der Waals surface area (Å²) in [4.78, 5) is 25.3. The summed E-state index contributed by atoms with van der Waals surface area (Å²) in [5.74, 6) is -0.0388. The van der Waals surface area contributed by atoms with Crippen molar-refractivity contribution >= 4 is 34.7 Å². The molecule has 1 saturated heterocycles. The summed E-state index contributed by atoms with van der Waals surface area (Å²) in [7, 11) is 1.66. The maximum absolute atomic E-state index is 11.6. The number of rotatable bonds is 8. The smallest absolute Gasteiger partial charge is 0.320 e. The van der Waals surface area contributed by atoms with E-state index in [1.165, 1.54) is 17.2 Å². The van der Waals surface area contributed by atoms with E-state index in [1.807, 2.05) is 6.26 Å². The molecular weight excluding hydrogens is 388 g/mol. The van der Waals surface area contributed by atoms with Gasteiger partial charge in [-0.25, -0.2) is 15.0 Å². The highest BCUT2D eigenvalue weighted by atomic mass is 32.2. The summed E-state index contributed by atoms with van der Waals surface area (Å²) in [6.45, 7) is 0.143. The van der Waals surface area contributed by atoms with Gasteiger partial charge >= 0.3 is 5.97 Å². The number of ether oxygens (including phenoxy) is 1. The number of carboxylic acid groups (broad SMARTS) is 1. The number of carbonyl (C=O) groups is 1. The van der Waals surface area contributed by atoms with Gasteiger partial charge in [0.05, 0.1) is 6.33 Å². The first-order valence-corrected chi connectivity index (χ1v) is 10.1. The number of fused-ring (bicyclic) bond motifs is 1. The predicted molar refractivity (Wildman–Crippen MR) is 103 cm³/mol. The molecule has 2 aromatic rings. The van der Waals surface area contributed by atoms with Crippen molar-refractivity contribution in [3.05, 3.63) is 12.7 Å². The molecule has 0 spiro atoms. The van der Waals surface area contributed by atoms with Crippen molar-refractivity contribution in [1.82, 2.24) is 24.4 Å². The standard InChI is InChI=1S/C16H24N6O5S/c1-21(8(16(25)26)3-4-28-2)5-9-11(23)12(24)15(27-9)22-7-20-10-13(17)18-6-19-14(10)22/h6-9,11-12,15,23-24H,3-5H2,1-2H3,(H,25,26)(H2,17,18,19)/t8-,9+,11+,12+,15+/m0/s1. The molecular formula is C16H24N6O5S. The minimum absolute atomic E-state index is 0.143. The lowest BCUT2D eigenvalue weighted by molar-refractivity contribution is -0.143. The van der Waals surface area contributed by atoms with Crippen molar-refractivity contribution in [2.75, 3.05) is 31.3 Å². The second-order valence-electron chi connectivity index (χ2n) is 6.70. The van der Waals surface area contributed by atoms with Gasteiger partial charge in [-0.1, -0.05) is 0 Å². The maximum atomic E-state index is 11.6. The quantitative estimate of drug-likeness (QED) is 0.428.